The van der Waals surface area contributed by atoms with Crippen LogP contribution in [0.1, 0.15) is 30.9 Å². The number of carbonyl (C=O) groups excluding carboxylic acids is 1. The van der Waals surface area contributed by atoms with Crippen molar-refractivity contribution in [3.8, 4) is 34.2 Å². The van der Waals surface area contributed by atoms with Gasteiger partial charge in [-0.15, -0.1) is 0 Å². The Kier molecular flexibility index (Phi) is 9.61. The van der Waals surface area contributed by atoms with Gasteiger partial charge in [0.15, 0.2) is 11.5 Å². The summed E-state index contributed by atoms with van der Waals surface area (Å²) in [6.07, 6.45) is 6.53. The number of amides is 1. The molecule has 216 valence electrons. The molecule has 1 aromatic heterocycles. The fourth-order valence-electron chi connectivity index (χ4n) is 4.61. The van der Waals surface area contributed by atoms with Crippen molar-refractivity contribution in [2.45, 2.75) is 26.2 Å². The zero-order valence-corrected chi connectivity index (χ0v) is 25.5. The second-order valence-electron chi connectivity index (χ2n) is 9.72. The Morgan fingerprint density at radius 2 is 1.79 bits per heavy atom. The molecule has 9 heteroatoms. The lowest BCUT2D eigenvalue weighted by Gasteiger charge is -2.15. The Morgan fingerprint density at radius 1 is 0.976 bits per heavy atom. The molecule has 0 unspecified atom stereocenters. The van der Waals surface area contributed by atoms with Gasteiger partial charge in [-0.1, -0.05) is 73.7 Å². The van der Waals surface area contributed by atoms with Gasteiger partial charge in [-0.3, -0.25) is 9.69 Å². The van der Waals surface area contributed by atoms with Crippen molar-refractivity contribution >= 4 is 40.3 Å². The number of thioether (sulfide) groups is 1. The topological polar surface area (TPSA) is 65.8 Å². The summed E-state index contributed by atoms with van der Waals surface area (Å²) in [4.78, 5) is 15.8. The highest BCUT2D eigenvalue weighted by Gasteiger charge is 2.32. The van der Waals surface area contributed by atoms with Gasteiger partial charge in [0, 0.05) is 23.9 Å². The molecule has 1 aliphatic rings. The van der Waals surface area contributed by atoms with E-state index >= 15 is 0 Å². The van der Waals surface area contributed by atoms with Crippen LogP contribution in [0.5, 0.6) is 17.2 Å². The van der Waals surface area contributed by atoms with E-state index in [9.17, 15) is 4.79 Å². The number of hydrogen-bond acceptors (Lipinski definition) is 7. The maximum absolute atomic E-state index is 13.5. The van der Waals surface area contributed by atoms with Crippen LogP contribution >= 0.6 is 24.0 Å². The van der Waals surface area contributed by atoms with Crippen molar-refractivity contribution in [2.75, 3.05) is 27.4 Å². The Hall–Kier alpha value is -4.08. The number of benzene rings is 3. The summed E-state index contributed by atoms with van der Waals surface area (Å²) >= 11 is 6.95. The summed E-state index contributed by atoms with van der Waals surface area (Å²) in [6, 6.07) is 23.6. The fourth-order valence-corrected chi connectivity index (χ4v) is 5.91. The molecule has 1 fully saturated rings. The highest BCUT2D eigenvalue weighted by molar-refractivity contribution is 8.26. The van der Waals surface area contributed by atoms with E-state index in [1.54, 1.807) is 19.1 Å². The number of unbranched alkanes of at least 4 members (excludes halogenated alkanes) is 1. The normalized spacial score (nSPS) is 14.1. The molecule has 1 saturated heterocycles. The molecule has 1 aliphatic heterocycles. The first-order valence-electron chi connectivity index (χ1n) is 13.8. The highest BCUT2D eigenvalue weighted by Crippen LogP contribution is 2.36. The van der Waals surface area contributed by atoms with Crippen molar-refractivity contribution < 1.29 is 19.0 Å². The second kappa shape index (κ2) is 13.7. The molecule has 7 nitrogen and oxygen atoms in total. The summed E-state index contributed by atoms with van der Waals surface area (Å²) in [5.41, 5.74) is 4.45. The van der Waals surface area contributed by atoms with Crippen LogP contribution < -0.4 is 14.2 Å². The van der Waals surface area contributed by atoms with Crippen molar-refractivity contribution in [1.82, 2.24) is 14.7 Å². The van der Waals surface area contributed by atoms with Gasteiger partial charge in [-0.05, 0) is 60.9 Å². The standard InChI is InChI=1S/C33H33N3O4S2/c1-4-5-18-40-27-13-9-10-24(20-27)31-25(22-36(34-31)26-11-7-6-8-12-26)21-30-32(37)35(33(41)42-30)17-16-23-14-15-28(38-2)29(19-23)39-3/h6-15,19-22H,4-5,16-18H2,1-3H3. The van der Waals surface area contributed by atoms with E-state index in [-0.39, 0.29) is 5.91 Å². The molecular formula is C33H33N3O4S2. The van der Waals surface area contributed by atoms with Crippen LogP contribution in [0.25, 0.3) is 23.0 Å². The molecule has 0 atom stereocenters. The first-order valence-corrected chi connectivity index (χ1v) is 15.1. The number of thiocarbonyl (C=S) groups is 1. The smallest absolute Gasteiger partial charge is 0.266 e. The van der Waals surface area contributed by atoms with Gasteiger partial charge in [0.25, 0.3) is 5.91 Å². The molecule has 0 radical (unpaired) electrons. The zero-order valence-electron chi connectivity index (χ0n) is 23.9. The molecule has 0 spiro atoms. The van der Waals surface area contributed by atoms with E-state index in [0.29, 0.717) is 40.3 Å². The van der Waals surface area contributed by atoms with Gasteiger partial charge in [-0.25, -0.2) is 4.68 Å². The predicted molar refractivity (Wildman–Crippen MR) is 173 cm³/mol. The van der Waals surface area contributed by atoms with Gasteiger partial charge in [0.05, 0.1) is 31.4 Å². The minimum absolute atomic E-state index is 0.111. The van der Waals surface area contributed by atoms with E-state index < -0.39 is 0 Å². The summed E-state index contributed by atoms with van der Waals surface area (Å²) in [6.45, 7) is 3.27. The largest absolute Gasteiger partial charge is 0.494 e. The van der Waals surface area contributed by atoms with Crippen LogP contribution in [-0.2, 0) is 11.2 Å². The average Bonchev–Trinajstić information content (AvgIpc) is 3.56. The lowest BCUT2D eigenvalue weighted by atomic mass is 10.1. The minimum atomic E-state index is -0.111. The summed E-state index contributed by atoms with van der Waals surface area (Å²) < 4.78 is 19.1. The van der Waals surface area contributed by atoms with Gasteiger partial charge in [0.1, 0.15) is 15.8 Å². The second-order valence-corrected chi connectivity index (χ2v) is 11.4. The maximum atomic E-state index is 13.5. The summed E-state index contributed by atoms with van der Waals surface area (Å²) in [7, 11) is 3.22. The molecule has 2 heterocycles. The molecule has 0 saturated carbocycles. The third-order valence-electron chi connectivity index (χ3n) is 6.87. The quantitative estimate of drug-likeness (QED) is 0.0971. The van der Waals surface area contributed by atoms with Crippen molar-refractivity contribution in [1.29, 1.82) is 0 Å². The SMILES string of the molecule is CCCCOc1cccc(-c2nn(-c3ccccc3)cc2C=C2SC(=S)N(CCc3ccc(OC)c(OC)c3)C2=O)c1. The Morgan fingerprint density at radius 3 is 2.55 bits per heavy atom. The first-order chi connectivity index (χ1) is 20.5. The molecular weight excluding hydrogens is 567 g/mol. The molecule has 42 heavy (non-hydrogen) atoms. The third-order valence-corrected chi connectivity index (χ3v) is 8.25. The summed E-state index contributed by atoms with van der Waals surface area (Å²) in [5, 5.41) is 4.93. The number of rotatable bonds is 12. The van der Waals surface area contributed by atoms with E-state index in [4.69, 9.17) is 31.5 Å². The lowest BCUT2D eigenvalue weighted by molar-refractivity contribution is -0.122. The molecule has 0 aliphatic carbocycles. The van der Waals surface area contributed by atoms with Crippen LogP contribution in [0.4, 0.5) is 0 Å². The predicted octanol–water partition coefficient (Wildman–Crippen LogP) is 7.18. The van der Waals surface area contributed by atoms with Crippen LogP contribution in [-0.4, -0.2) is 52.3 Å². The number of nitrogens with zero attached hydrogens (tertiary/aromatic N) is 3. The third kappa shape index (κ3) is 6.69. The molecule has 0 N–H and O–H groups in total. The van der Waals surface area contributed by atoms with E-state index in [1.807, 2.05) is 89.8 Å². The Bertz CT molecular complexity index is 1600. The number of methoxy groups -OCH3 is 2. The van der Waals surface area contributed by atoms with Gasteiger partial charge in [0.2, 0.25) is 0 Å². The molecule has 4 aromatic rings. The van der Waals surface area contributed by atoms with Crippen LogP contribution in [0.15, 0.2) is 83.9 Å². The molecule has 3 aromatic carbocycles. The van der Waals surface area contributed by atoms with Crippen LogP contribution in [0.3, 0.4) is 0 Å². The van der Waals surface area contributed by atoms with Gasteiger partial charge < -0.3 is 14.2 Å². The highest BCUT2D eigenvalue weighted by atomic mass is 32.2. The molecule has 0 bridgehead atoms. The summed E-state index contributed by atoms with van der Waals surface area (Å²) in [5.74, 6) is 2.01. The fraction of sp³-hybridized carbons (Fsp3) is 0.242. The average molecular weight is 600 g/mol. The maximum Gasteiger partial charge on any atom is 0.266 e. The number of ether oxygens (including phenoxy) is 3. The van der Waals surface area contributed by atoms with E-state index in [0.717, 1.165) is 46.7 Å². The molecule has 1 amide bonds. The van der Waals surface area contributed by atoms with Crippen molar-refractivity contribution in [3.05, 3.63) is 95.0 Å². The first kappa shape index (κ1) is 29.4. The van der Waals surface area contributed by atoms with Crippen LogP contribution in [0, 0.1) is 0 Å². The number of hydrogen-bond donors (Lipinski definition) is 0. The van der Waals surface area contributed by atoms with Crippen molar-refractivity contribution in [3.63, 3.8) is 0 Å². The number of carbonyl (C=O) groups is 1. The van der Waals surface area contributed by atoms with Crippen molar-refractivity contribution in [2.24, 2.45) is 0 Å². The minimum Gasteiger partial charge on any atom is -0.494 e. The lowest BCUT2D eigenvalue weighted by Crippen LogP contribution is -2.30. The van der Waals surface area contributed by atoms with Gasteiger partial charge in [-0.2, -0.15) is 5.10 Å². The number of aromatic nitrogens is 2. The Labute approximate surface area is 256 Å². The Balaban J connectivity index is 1.42. The monoisotopic (exact) mass is 599 g/mol. The van der Waals surface area contributed by atoms with E-state index in [1.165, 1.54) is 11.8 Å². The van der Waals surface area contributed by atoms with Crippen LogP contribution in [0.2, 0.25) is 0 Å². The van der Waals surface area contributed by atoms with E-state index in [2.05, 4.69) is 6.92 Å². The van der Waals surface area contributed by atoms with Gasteiger partial charge >= 0.3 is 0 Å². The zero-order chi connectivity index (χ0) is 29.5. The molecule has 5 rings (SSSR count). The number of para-hydroxylation sites is 1.